The first kappa shape index (κ1) is 17.5. The molecule has 0 radical (unpaired) electrons. The van der Waals surface area contributed by atoms with Crippen LogP contribution < -0.4 is 4.74 Å². The van der Waals surface area contributed by atoms with E-state index >= 15 is 0 Å². The Balaban J connectivity index is 1.47. The fourth-order valence-electron chi connectivity index (χ4n) is 4.28. The van der Waals surface area contributed by atoms with E-state index in [-0.39, 0.29) is 5.92 Å². The second kappa shape index (κ2) is 6.68. The van der Waals surface area contributed by atoms with Crippen LogP contribution in [0.1, 0.15) is 34.9 Å². The zero-order valence-electron chi connectivity index (χ0n) is 15.6. The average Bonchev–Trinajstić information content (AvgIpc) is 3.30. The number of benzene rings is 1. The summed E-state index contributed by atoms with van der Waals surface area (Å²) in [5, 5.41) is 14.8. The van der Waals surface area contributed by atoms with E-state index in [2.05, 4.69) is 22.2 Å². The monoisotopic (exact) mass is 358 g/mol. The molecule has 2 fully saturated rings. The smallest absolute Gasteiger partial charge is 0.138 e. The van der Waals surface area contributed by atoms with Crippen molar-refractivity contribution in [1.29, 1.82) is 0 Å². The molecule has 2 aliphatic heterocycles. The largest absolute Gasteiger partial charge is 0.497 e. The van der Waals surface area contributed by atoms with Gasteiger partial charge in [-0.05, 0) is 38.0 Å². The van der Waals surface area contributed by atoms with Crippen molar-refractivity contribution in [3.63, 3.8) is 0 Å². The molecule has 0 aliphatic carbocycles. The Morgan fingerprint density at radius 2 is 2.23 bits per heavy atom. The molecule has 140 valence electrons. The van der Waals surface area contributed by atoms with Crippen LogP contribution in [0.25, 0.3) is 0 Å². The van der Waals surface area contributed by atoms with E-state index in [1.165, 1.54) is 5.56 Å². The van der Waals surface area contributed by atoms with Gasteiger partial charge in [0, 0.05) is 31.1 Å². The third kappa shape index (κ3) is 3.02. The van der Waals surface area contributed by atoms with Crippen LogP contribution in [0.5, 0.6) is 5.75 Å². The summed E-state index contributed by atoms with van der Waals surface area (Å²) in [5.41, 5.74) is 2.74. The van der Waals surface area contributed by atoms with E-state index in [1.807, 2.05) is 26.0 Å². The summed E-state index contributed by atoms with van der Waals surface area (Å²) < 4.78 is 16.8. The van der Waals surface area contributed by atoms with Crippen LogP contribution in [-0.4, -0.2) is 53.7 Å². The first-order chi connectivity index (χ1) is 12.5. The highest BCUT2D eigenvalue weighted by atomic mass is 16.5. The predicted octanol–water partition coefficient (Wildman–Crippen LogP) is 2.42. The number of likely N-dealkylation sites (tertiary alicyclic amines) is 1. The highest BCUT2D eigenvalue weighted by Crippen LogP contribution is 2.43. The molecule has 1 N–H and O–H groups in total. The lowest BCUT2D eigenvalue weighted by atomic mass is 9.87. The zero-order chi connectivity index (χ0) is 18.3. The Hall–Kier alpha value is -1.89. The molecule has 1 aromatic heterocycles. The summed E-state index contributed by atoms with van der Waals surface area (Å²) in [4.78, 5) is 2.24. The topological polar surface area (TPSA) is 68.0 Å². The standard InChI is InChI=1S/C20H26N2O4/c1-13-18(14(2)26-21-13)9-22-10-19(23)20(12-22)8-16(11-25-20)15-5-4-6-17(7-15)24-3/h4-7,16,19,23H,8-12H2,1-3H3/t16-,19+,20+/m0/s1. The number of methoxy groups -OCH3 is 1. The molecule has 0 amide bonds. The number of hydrogen-bond acceptors (Lipinski definition) is 6. The van der Waals surface area contributed by atoms with E-state index in [4.69, 9.17) is 14.0 Å². The number of β-amino-alcohol motifs (C(OH)–C–C–N with tert-alkyl or cyclic N) is 1. The lowest BCUT2D eigenvalue weighted by Crippen LogP contribution is -2.41. The van der Waals surface area contributed by atoms with Crippen molar-refractivity contribution < 1.29 is 19.1 Å². The van der Waals surface area contributed by atoms with Gasteiger partial charge in [0.25, 0.3) is 0 Å². The molecular weight excluding hydrogens is 332 g/mol. The molecule has 2 aliphatic rings. The molecule has 6 heteroatoms. The molecule has 3 heterocycles. The Labute approximate surface area is 153 Å². The van der Waals surface area contributed by atoms with Crippen LogP contribution in [0.15, 0.2) is 28.8 Å². The van der Waals surface area contributed by atoms with Gasteiger partial charge in [-0.15, -0.1) is 0 Å². The maximum Gasteiger partial charge on any atom is 0.138 e. The number of aryl methyl sites for hydroxylation is 2. The van der Waals surface area contributed by atoms with E-state index in [9.17, 15) is 5.11 Å². The molecule has 1 spiro atoms. The van der Waals surface area contributed by atoms with Crippen molar-refractivity contribution in [3.05, 3.63) is 46.8 Å². The molecule has 4 rings (SSSR count). The van der Waals surface area contributed by atoms with E-state index in [0.717, 1.165) is 42.3 Å². The predicted molar refractivity (Wildman–Crippen MR) is 96.3 cm³/mol. The highest BCUT2D eigenvalue weighted by molar-refractivity contribution is 5.32. The number of nitrogens with zero attached hydrogens (tertiary/aromatic N) is 2. The first-order valence-corrected chi connectivity index (χ1v) is 9.11. The second-order valence-electron chi connectivity index (χ2n) is 7.54. The third-order valence-electron chi connectivity index (χ3n) is 5.82. The molecule has 1 aromatic carbocycles. The highest BCUT2D eigenvalue weighted by Gasteiger charge is 2.52. The first-order valence-electron chi connectivity index (χ1n) is 9.11. The van der Waals surface area contributed by atoms with Gasteiger partial charge in [-0.25, -0.2) is 0 Å². The number of ether oxygens (including phenoxy) is 2. The Bertz CT molecular complexity index is 770. The molecule has 0 saturated carbocycles. The lowest BCUT2D eigenvalue weighted by Gasteiger charge is -2.26. The van der Waals surface area contributed by atoms with Crippen molar-refractivity contribution in [2.24, 2.45) is 0 Å². The normalized spacial score (nSPS) is 28.9. The third-order valence-corrected chi connectivity index (χ3v) is 5.82. The van der Waals surface area contributed by atoms with Gasteiger partial charge in [-0.2, -0.15) is 0 Å². The van der Waals surface area contributed by atoms with Crippen LogP contribution in [0, 0.1) is 13.8 Å². The minimum Gasteiger partial charge on any atom is -0.497 e. The summed E-state index contributed by atoms with van der Waals surface area (Å²) in [6.45, 7) is 6.58. The average molecular weight is 358 g/mol. The molecule has 26 heavy (non-hydrogen) atoms. The number of hydrogen-bond donors (Lipinski definition) is 1. The summed E-state index contributed by atoms with van der Waals surface area (Å²) in [6, 6.07) is 8.13. The summed E-state index contributed by atoms with van der Waals surface area (Å²) in [7, 11) is 1.68. The number of aliphatic hydroxyl groups excluding tert-OH is 1. The maximum atomic E-state index is 10.8. The van der Waals surface area contributed by atoms with Crippen LogP contribution in [-0.2, 0) is 11.3 Å². The van der Waals surface area contributed by atoms with Crippen LogP contribution >= 0.6 is 0 Å². The van der Waals surface area contributed by atoms with E-state index in [1.54, 1.807) is 7.11 Å². The van der Waals surface area contributed by atoms with Gasteiger partial charge in [0.1, 0.15) is 17.1 Å². The SMILES string of the molecule is COc1cccc([C@@H]2CO[C@]3(C2)CN(Cc2c(C)noc2C)C[C@H]3O)c1. The molecule has 0 unspecified atom stereocenters. The minimum absolute atomic E-state index is 0.277. The van der Waals surface area contributed by atoms with Crippen molar-refractivity contribution in [2.45, 2.75) is 44.4 Å². The molecule has 3 atom stereocenters. The number of rotatable bonds is 4. The molecular formula is C20H26N2O4. The van der Waals surface area contributed by atoms with Gasteiger partial charge in [0.2, 0.25) is 0 Å². The lowest BCUT2D eigenvalue weighted by molar-refractivity contribution is -0.0594. The molecule has 2 aromatic rings. The summed E-state index contributed by atoms with van der Waals surface area (Å²) in [6.07, 6.45) is 0.331. The van der Waals surface area contributed by atoms with Gasteiger partial charge in [-0.1, -0.05) is 17.3 Å². The van der Waals surface area contributed by atoms with Gasteiger partial charge >= 0.3 is 0 Å². The van der Waals surface area contributed by atoms with Crippen LogP contribution in [0.4, 0.5) is 0 Å². The summed E-state index contributed by atoms with van der Waals surface area (Å²) in [5.74, 6) is 1.98. The number of aliphatic hydroxyl groups is 1. The van der Waals surface area contributed by atoms with E-state index in [0.29, 0.717) is 13.2 Å². The van der Waals surface area contributed by atoms with Crippen LogP contribution in [0.2, 0.25) is 0 Å². The Kier molecular flexibility index (Phi) is 4.50. The molecule has 6 nitrogen and oxygen atoms in total. The fraction of sp³-hybridized carbons (Fsp3) is 0.550. The van der Waals surface area contributed by atoms with Gasteiger partial charge < -0.3 is 19.1 Å². The fourth-order valence-corrected chi connectivity index (χ4v) is 4.28. The van der Waals surface area contributed by atoms with Crippen molar-refractivity contribution in [3.8, 4) is 5.75 Å². The number of aromatic nitrogens is 1. The quantitative estimate of drug-likeness (QED) is 0.905. The van der Waals surface area contributed by atoms with E-state index < -0.39 is 11.7 Å². The van der Waals surface area contributed by atoms with Crippen LogP contribution in [0.3, 0.4) is 0 Å². The van der Waals surface area contributed by atoms with Crippen molar-refractivity contribution in [2.75, 3.05) is 26.8 Å². The second-order valence-corrected chi connectivity index (χ2v) is 7.54. The van der Waals surface area contributed by atoms with Gasteiger partial charge in [0.05, 0.1) is 25.5 Å². The van der Waals surface area contributed by atoms with Crippen molar-refractivity contribution >= 4 is 0 Å². The Morgan fingerprint density at radius 3 is 2.96 bits per heavy atom. The molecule has 2 saturated heterocycles. The zero-order valence-corrected chi connectivity index (χ0v) is 15.6. The molecule has 0 bridgehead atoms. The maximum absolute atomic E-state index is 10.8. The van der Waals surface area contributed by atoms with Gasteiger partial charge in [0.15, 0.2) is 0 Å². The summed E-state index contributed by atoms with van der Waals surface area (Å²) >= 11 is 0. The van der Waals surface area contributed by atoms with Gasteiger partial charge in [-0.3, -0.25) is 4.90 Å². The minimum atomic E-state index is -0.493. The van der Waals surface area contributed by atoms with Crippen molar-refractivity contribution in [1.82, 2.24) is 10.1 Å². The Morgan fingerprint density at radius 1 is 1.38 bits per heavy atom.